The van der Waals surface area contributed by atoms with Crippen LogP contribution < -0.4 is 5.32 Å². The van der Waals surface area contributed by atoms with Crippen molar-refractivity contribution >= 4 is 15.9 Å². The van der Waals surface area contributed by atoms with Crippen molar-refractivity contribution in [3.8, 4) is 11.3 Å². The van der Waals surface area contributed by atoms with Crippen LogP contribution in [0.2, 0.25) is 0 Å². The second kappa shape index (κ2) is 5.99. The number of nitrogens with zero attached hydrogens (tertiary/aromatic N) is 3. The minimum absolute atomic E-state index is 0.212. The molecule has 0 amide bonds. The Balaban J connectivity index is 1.87. The highest BCUT2D eigenvalue weighted by molar-refractivity contribution is 9.10. The summed E-state index contributed by atoms with van der Waals surface area (Å²) in [7, 11) is 2.13. The maximum Gasteiger partial charge on any atom is 0.147 e. The molecular formula is C15H17BrN4. The van der Waals surface area contributed by atoms with E-state index >= 15 is 0 Å². The van der Waals surface area contributed by atoms with Crippen molar-refractivity contribution in [1.82, 2.24) is 20.2 Å². The summed E-state index contributed by atoms with van der Waals surface area (Å²) in [5, 5.41) is 3.48. The molecule has 1 N–H and O–H groups in total. The van der Waals surface area contributed by atoms with E-state index in [1.807, 2.05) is 24.4 Å². The number of halogens is 1. The van der Waals surface area contributed by atoms with E-state index in [0.29, 0.717) is 0 Å². The summed E-state index contributed by atoms with van der Waals surface area (Å²) in [6.45, 7) is 3.00. The molecule has 0 radical (unpaired) electrons. The number of piperazine rings is 1. The van der Waals surface area contributed by atoms with Gasteiger partial charge in [-0.15, -0.1) is 0 Å². The molecule has 2 aromatic rings. The summed E-state index contributed by atoms with van der Waals surface area (Å²) in [5.74, 6) is 0.872. The summed E-state index contributed by atoms with van der Waals surface area (Å²) >= 11 is 3.45. The number of benzene rings is 1. The van der Waals surface area contributed by atoms with Gasteiger partial charge in [0.2, 0.25) is 0 Å². The number of nitrogens with one attached hydrogen (secondary N) is 1. The normalized spacial score (nSPS) is 20.0. The van der Waals surface area contributed by atoms with Gasteiger partial charge in [-0.2, -0.15) is 0 Å². The molecule has 3 rings (SSSR count). The summed E-state index contributed by atoms with van der Waals surface area (Å²) in [6, 6.07) is 10.4. The van der Waals surface area contributed by atoms with Gasteiger partial charge in [-0.05, 0) is 25.2 Å². The first-order valence-corrected chi connectivity index (χ1v) is 7.52. The molecule has 104 valence electrons. The van der Waals surface area contributed by atoms with E-state index in [2.05, 4.69) is 50.3 Å². The standard InChI is InChI=1S/C15H17BrN4/c1-20-9-8-17-14(10-20)15-18-7-6-13(19-15)11-2-4-12(16)5-3-11/h2-7,14,17H,8-10H2,1H3. The van der Waals surface area contributed by atoms with Crippen LogP contribution in [0.3, 0.4) is 0 Å². The van der Waals surface area contributed by atoms with Gasteiger partial charge < -0.3 is 10.2 Å². The highest BCUT2D eigenvalue weighted by Crippen LogP contribution is 2.21. The number of likely N-dealkylation sites (N-methyl/N-ethyl adjacent to an activating group) is 1. The third kappa shape index (κ3) is 3.06. The lowest BCUT2D eigenvalue weighted by Crippen LogP contribution is -2.44. The quantitative estimate of drug-likeness (QED) is 0.917. The maximum absolute atomic E-state index is 4.72. The van der Waals surface area contributed by atoms with Crippen molar-refractivity contribution in [1.29, 1.82) is 0 Å². The molecule has 0 saturated carbocycles. The molecule has 1 aliphatic heterocycles. The van der Waals surface area contributed by atoms with Crippen LogP contribution in [0, 0.1) is 0 Å². The zero-order valence-corrected chi connectivity index (χ0v) is 13.0. The Labute approximate surface area is 127 Å². The van der Waals surface area contributed by atoms with E-state index in [9.17, 15) is 0 Å². The van der Waals surface area contributed by atoms with Crippen molar-refractivity contribution in [3.63, 3.8) is 0 Å². The van der Waals surface area contributed by atoms with Crippen LogP contribution >= 0.6 is 15.9 Å². The number of rotatable bonds is 2. The van der Waals surface area contributed by atoms with Crippen LogP contribution in [-0.4, -0.2) is 41.5 Å². The monoisotopic (exact) mass is 332 g/mol. The largest absolute Gasteiger partial charge is 0.305 e. The Morgan fingerprint density at radius 3 is 2.80 bits per heavy atom. The molecule has 1 fully saturated rings. The molecule has 0 aliphatic carbocycles. The van der Waals surface area contributed by atoms with Gasteiger partial charge in [0, 0.05) is 35.9 Å². The summed E-state index contributed by atoms with van der Waals surface area (Å²) in [5.41, 5.74) is 2.08. The predicted octanol–water partition coefficient (Wildman–Crippen LogP) is 2.48. The lowest BCUT2D eigenvalue weighted by molar-refractivity contribution is 0.235. The molecular weight excluding hydrogens is 316 g/mol. The van der Waals surface area contributed by atoms with Crippen LogP contribution in [0.4, 0.5) is 0 Å². The van der Waals surface area contributed by atoms with Crippen LogP contribution in [0.25, 0.3) is 11.3 Å². The van der Waals surface area contributed by atoms with E-state index in [1.54, 1.807) is 0 Å². The maximum atomic E-state index is 4.72. The van der Waals surface area contributed by atoms with E-state index in [4.69, 9.17) is 4.98 Å². The highest BCUT2D eigenvalue weighted by atomic mass is 79.9. The molecule has 2 heterocycles. The van der Waals surface area contributed by atoms with Crippen LogP contribution in [0.1, 0.15) is 11.9 Å². The Morgan fingerprint density at radius 1 is 1.25 bits per heavy atom. The number of hydrogen-bond donors (Lipinski definition) is 1. The van der Waals surface area contributed by atoms with Crippen molar-refractivity contribution in [2.24, 2.45) is 0 Å². The topological polar surface area (TPSA) is 41.0 Å². The molecule has 0 spiro atoms. The second-order valence-corrected chi connectivity index (χ2v) is 5.99. The Morgan fingerprint density at radius 2 is 2.05 bits per heavy atom. The first kappa shape index (κ1) is 13.7. The lowest BCUT2D eigenvalue weighted by atomic mass is 10.1. The number of hydrogen-bond acceptors (Lipinski definition) is 4. The van der Waals surface area contributed by atoms with Crippen molar-refractivity contribution in [2.75, 3.05) is 26.7 Å². The van der Waals surface area contributed by atoms with Crippen molar-refractivity contribution in [2.45, 2.75) is 6.04 Å². The Kier molecular flexibility index (Phi) is 4.10. The van der Waals surface area contributed by atoms with Gasteiger partial charge in [0.15, 0.2) is 0 Å². The number of aromatic nitrogens is 2. The molecule has 20 heavy (non-hydrogen) atoms. The summed E-state index contributed by atoms with van der Waals surface area (Å²) < 4.78 is 1.08. The molecule has 1 atom stereocenters. The fraction of sp³-hybridized carbons (Fsp3) is 0.333. The van der Waals surface area contributed by atoms with Crippen molar-refractivity contribution in [3.05, 3.63) is 46.8 Å². The van der Waals surface area contributed by atoms with Gasteiger partial charge >= 0.3 is 0 Å². The van der Waals surface area contributed by atoms with Gasteiger partial charge in [-0.25, -0.2) is 9.97 Å². The molecule has 1 saturated heterocycles. The predicted molar refractivity (Wildman–Crippen MR) is 83.4 cm³/mol. The molecule has 4 nitrogen and oxygen atoms in total. The molecule has 5 heteroatoms. The van der Waals surface area contributed by atoms with Gasteiger partial charge in [-0.3, -0.25) is 0 Å². The fourth-order valence-electron chi connectivity index (χ4n) is 2.39. The smallest absolute Gasteiger partial charge is 0.147 e. The molecule has 1 unspecified atom stereocenters. The Hall–Kier alpha value is -1.30. The molecule has 1 aromatic heterocycles. The minimum Gasteiger partial charge on any atom is -0.305 e. The van der Waals surface area contributed by atoms with Gasteiger partial charge in [0.05, 0.1) is 11.7 Å². The third-order valence-corrected chi connectivity index (χ3v) is 4.03. The highest BCUT2D eigenvalue weighted by Gasteiger charge is 2.20. The van der Waals surface area contributed by atoms with Gasteiger partial charge in [0.1, 0.15) is 5.82 Å². The zero-order valence-electron chi connectivity index (χ0n) is 11.4. The van der Waals surface area contributed by atoms with E-state index in [1.165, 1.54) is 0 Å². The van der Waals surface area contributed by atoms with Crippen LogP contribution in [0.5, 0.6) is 0 Å². The summed E-state index contributed by atoms with van der Waals surface area (Å²) in [4.78, 5) is 11.4. The first-order valence-electron chi connectivity index (χ1n) is 6.73. The van der Waals surface area contributed by atoms with Gasteiger partial charge in [0.25, 0.3) is 0 Å². The molecule has 1 aromatic carbocycles. The minimum atomic E-state index is 0.212. The van der Waals surface area contributed by atoms with E-state index in [0.717, 1.165) is 41.2 Å². The Bertz CT molecular complexity index is 585. The molecule has 0 bridgehead atoms. The average molecular weight is 333 g/mol. The summed E-state index contributed by atoms with van der Waals surface area (Å²) in [6.07, 6.45) is 1.84. The van der Waals surface area contributed by atoms with E-state index < -0.39 is 0 Å². The van der Waals surface area contributed by atoms with Gasteiger partial charge in [-0.1, -0.05) is 28.1 Å². The average Bonchev–Trinajstić information content (AvgIpc) is 2.48. The molecule has 1 aliphatic rings. The lowest BCUT2D eigenvalue weighted by Gasteiger charge is -2.29. The third-order valence-electron chi connectivity index (χ3n) is 3.50. The van der Waals surface area contributed by atoms with Crippen LogP contribution in [0.15, 0.2) is 41.0 Å². The first-order chi connectivity index (χ1) is 9.72. The second-order valence-electron chi connectivity index (χ2n) is 5.08. The SMILES string of the molecule is CN1CCNC(c2nccc(-c3ccc(Br)cc3)n2)C1. The van der Waals surface area contributed by atoms with E-state index in [-0.39, 0.29) is 6.04 Å². The van der Waals surface area contributed by atoms with Crippen molar-refractivity contribution < 1.29 is 0 Å². The fourth-order valence-corrected chi connectivity index (χ4v) is 2.66. The van der Waals surface area contributed by atoms with Crippen LogP contribution in [-0.2, 0) is 0 Å². The zero-order chi connectivity index (χ0) is 13.9.